The van der Waals surface area contributed by atoms with E-state index in [0.717, 1.165) is 6.42 Å². The molecule has 122 valence electrons. The molecule has 0 aliphatic carbocycles. The van der Waals surface area contributed by atoms with E-state index in [1.54, 1.807) is 10.9 Å². The molecule has 0 aliphatic heterocycles. The number of hydrogen-bond donors (Lipinski definition) is 2. The van der Waals surface area contributed by atoms with E-state index in [0.29, 0.717) is 16.7 Å². The first-order valence-corrected chi connectivity index (χ1v) is 7.03. The Kier molecular flexibility index (Phi) is 7.04. The third-order valence-electron chi connectivity index (χ3n) is 2.70. The van der Waals surface area contributed by atoms with Crippen molar-refractivity contribution in [2.24, 2.45) is 5.84 Å². The number of nitrogens with zero attached hydrogens (tertiary/aromatic N) is 2. The van der Waals surface area contributed by atoms with Crippen molar-refractivity contribution >= 4 is 15.9 Å². The van der Waals surface area contributed by atoms with Gasteiger partial charge in [0.2, 0.25) is 0 Å². The highest BCUT2D eigenvalue weighted by atomic mass is 79.9. The number of halogens is 5. The van der Waals surface area contributed by atoms with Gasteiger partial charge in [0.1, 0.15) is 6.61 Å². The standard InChI is InChI=1S/C11H17BrF4N4O/c1-2-3-20-9(7(12)4-18-20)8(19-17)5-21-6-11(15,16)10(13)14/h4,8,10,19H,2-3,5-6,17H2,1H3. The molecule has 1 atom stereocenters. The number of nitrogens with one attached hydrogen (secondary N) is 1. The van der Waals surface area contributed by atoms with Gasteiger partial charge in [-0.2, -0.15) is 13.9 Å². The molecule has 1 rings (SSSR count). The molecule has 0 fully saturated rings. The molecule has 1 heterocycles. The summed E-state index contributed by atoms with van der Waals surface area (Å²) in [5.41, 5.74) is 3.02. The lowest BCUT2D eigenvalue weighted by Gasteiger charge is -2.20. The van der Waals surface area contributed by atoms with Gasteiger partial charge in [-0.1, -0.05) is 6.92 Å². The summed E-state index contributed by atoms with van der Waals surface area (Å²) in [6.07, 6.45) is -1.41. The van der Waals surface area contributed by atoms with E-state index in [1.165, 1.54) is 0 Å². The lowest BCUT2D eigenvalue weighted by molar-refractivity contribution is -0.167. The van der Waals surface area contributed by atoms with Gasteiger partial charge in [0.25, 0.3) is 0 Å². The van der Waals surface area contributed by atoms with Crippen LogP contribution < -0.4 is 11.3 Å². The lowest BCUT2D eigenvalue weighted by Crippen LogP contribution is -2.37. The normalized spacial score (nSPS) is 13.9. The molecule has 5 nitrogen and oxygen atoms in total. The Morgan fingerprint density at radius 1 is 1.52 bits per heavy atom. The van der Waals surface area contributed by atoms with Gasteiger partial charge in [-0.25, -0.2) is 14.2 Å². The fraction of sp³-hybridized carbons (Fsp3) is 0.727. The summed E-state index contributed by atoms with van der Waals surface area (Å²) in [7, 11) is 0. The quantitative estimate of drug-likeness (QED) is 0.394. The van der Waals surface area contributed by atoms with Crippen molar-refractivity contribution in [1.29, 1.82) is 0 Å². The minimum Gasteiger partial charge on any atom is -0.373 e. The molecule has 3 N–H and O–H groups in total. The molecule has 0 radical (unpaired) electrons. The predicted molar refractivity (Wildman–Crippen MR) is 72.1 cm³/mol. The van der Waals surface area contributed by atoms with Crippen LogP contribution in [0.3, 0.4) is 0 Å². The number of hydrogen-bond acceptors (Lipinski definition) is 4. The smallest absolute Gasteiger partial charge is 0.330 e. The van der Waals surface area contributed by atoms with Gasteiger partial charge in [0, 0.05) is 6.54 Å². The Bertz CT molecular complexity index is 444. The van der Waals surface area contributed by atoms with Crippen LogP contribution in [0.4, 0.5) is 17.6 Å². The number of ether oxygens (including phenoxy) is 1. The summed E-state index contributed by atoms with van der Waals surface area (Å²) in [6, 6.07) is -0.651. The average molecular weight is 377 g/mol. The molecule has 0 aromatic carbocycles. The van der Waals surface area contributed by atoms with Crippen LogP contribution in [0, 0.1) is 0 Å². The zero-order valence-electron chi connectivity index (χ0n) is 11.3. The van der Waals surface area contributed by atoms with Gasteiger partial charge in [0.15, 0.2) is 0 Å². The van der Waals surface area contributed by atoms with Crippen LogP contribution in [-0.2, 0) is 11.3 Å². The van der Waals surface area contributed by atoms with Gasteiger partial charge in [-0.3, -0.25) is 10.5 Å². The Labute approximate surface area is 127 Å². The molecule has 0 spiro atoms. The van der Waals surface area contributed by atoms with Crippen molar-refractivity contribution < 1.29 is 22.3 Å². The number of rotatable bonds is 9. The van der Waals surface area contributed by atoms with E-state index in [1.807, 2.05) is 6.92 Å². The average Bonchev–Trinajstić information content (AvgIpc) is 2.76. The molecule has 10 heteroatoms. The molecular formula is C11H17BrF4N4O. The highest BCUT2D eigenvalue weighted by molar-refractivity contribution is 9.10. The van der Waals surface area contributed by atoms with Gasteiger partial charge in [-0.15, -0.1) is 0 Å². The molecule has 0 aliphatic rings. The minimum absolute atomic E-state index is 0.285. The maximum atomic E-state index is 12.8. The van der Waals surface area contributed by atoms with Crippen LogP contribution in [0.25, 0.3) is 0 Å². The van der Waals surface area contributed by atoms with Crippen molar-refractivity contribution in [3.05, 3.63) is 16.4 Å². The van der Waals surface area contributed by atoms with E-state index < -0.39 is 25.0 Å². The summed E-state index contributed by atoms with van der Waals surface area (Å²) in [5.74, 6) is 1.20. The molecular weight excluding hydrogens is 360 g/mol. The Hall–Kier alpha value is -0.710. The number of aryl methyl sites for hydroxylation is 1. The number of alkyl halides is 4. The SMILES string of the molecule is CCCn1ncc(Br)c1C(COCC(F)(F)C(F)F)NN. The third kappa shape index (κ3) is 4.90. The van der Waals surface area contributed by atoms with Crippen molar-refractivity contribution in [2.75, 3.05) is 13.2 Å². The van der Waals surface area contributed by atoms with E-state index in [2.05, 4.69) is 26.5 Å². The molecule has 0 saturated carbocycles. The number of aromatic nitrogens is 2. The number of hydrazine groups is 1. The first-order chi connectivity index (χ1) is 9.83. The Balaban J connectivity index is 2.70. The fourth-order valence-electron chi connectivity index (χ4n) is 1.69. The molecule has 0 bridgehead atoms. The molecule has 0 amide bonds. The topological polar surface area (TPSA) is 65.1 Å². The highest BCUT2D eigenvalue weighted by Gasteiger charge is 2.41. The van der Waals surface area contributed by atoms with E-state index in [-0.39, 0.29) is 6.61 Å². The highest BCUT2D eigenvalue weighted by Crippen LogP contribution is 2.26. The zero-order chi connectivity index (χ0) is 16.0. The van der Waals surface area contributed by atoms with Crippen LogP contribution in [0.15, 0.2) is 10.7 Å². The third-order valence-corrected chi connectivity index (χ3v) is 3.31. The second-order valence-corrected chi connectivity index (χ2v) is 5.25. The molecule has 21 heavy (non-hydrogen) atoms. The van der Waals surface area contributed by atoms with Gasteiger partial charge in [-0.05, 0) is 22.4 Å². The van der Waals surface area contributed by atoms with Crippen LogP contribution >= 0.6 is 15.9 Å². The van der Waals surface area contributed by atoms with E-state index in [4.69, 9.17) is 10.6 Å². The molecule has 1 aromatic heterocycles. The first kappa shape index (κ1) is 18.3. The van der Waals surface area contributed by atoms with Crippen LogP contribution in [0.2, 0.25) is 0 Å². The monoisotopic (exact) mass is 376 g/mol. The van der Waals surface area contributed by atoms with Crippen LogP contribution in [-0.4, -0.2) is 35.3 Å². The summed E-state index contributed by atoms with van der Waals surface area (Å²) in [6.45, 7) is 0.894. The predicted octanol–water partition coefficient (Wildman–Crippen LogP) is 2.48. The minimum atomic E-state index is -4.18. The fourth-order valence-corrected chi connectivity index (χ4v) is 2.26. The molecule has 0 saturated heterocycles. The van der Waals surface area contributed by atoms with Gasteiger partial charge >= 0.3 is 12.3 Å². The summed E-state index contributed by atoms with van der Waals surface area (Å²) in [5, 5.41) is 4.11. The summed E-state index contributed by atoms with van der Waals surface area (Å²) in [4.78, 5) is 0. The van der Waals surface area contributed by atoms with Gasteiger partial charge in [0.05, 0.1) is 29.0 Å². The first-order valence-electron chi connectivity index (χ1n) is 6.24. The van der Waals surface area contributed by atoms with E-state index >= 15 is 0 Å². The zero-order valence-corrected chi connectivity index (χ0v) is 12.9. The maximum Gasteiger partial charge on any atom is 0.330 e. The number of nitrogens with two attached hydrogens (primary N) is 1. The maximum absolute atomic E-state index is 12.8. The summed E-state index contributed by atoms with van der Waals surface area (Å²) >= 11 is 3.28. The van der Waals surface area contributed by atoms with Crippen molar-refractivity contribution in [3.8, 4) is 0 Å². The Morgan fingerprint density at radius 3 is 2.71 bits per heavy atom. The van der Waals surface area contributed by atoms with Crippen LogP contribution in [0.5, 0.6) is 0 Å². The second-order valence-electron chi connectivity index (χ2n) is 4.40. The van der Waals surface area contributed by atoms with Crippen molar-refractivity contribution in [3.63, 3.8) is 0 Å². The second kappa shape index (κ2) is 8.06. The van der Waals surface area contributed by atoms with Gasteiger partial charge < -0.3 is 4.74 Å². The van der Waals surface area contributed by atoms with Crippen LogP contribution in [0.1, 0.15) is 25.1 Å². The molecule has 1 unspecified atom stereocenters. The van der Waals surface area contributed by atoms with E-state index in [9.17, 15) is 17.6 Å². The van der Waals surface area contributed by atoms with Crippen molar-refractivity contribution in [2.45, 2.75) is 38.3 Å². The summed E-state index contributed by atoms with van der Waals surface area (Å²) < 4.78 is 56.6. The largest absolute Gasteiger partial charge is 0.373 e. The lowest BCUT2D eigenvalue weighted by atomic mass is 10.2. The van der Waals surface area contributed by atoms with Crippen molar-refractivity contribution in [1.82, 2.24) is 15.2 Å². The Morgan fingerprint density at radius 2 is 2.19 bits per heavy atom. The molecule has 1 aromatic rings.